The minimum atomic E-state index is -0.621. The maximum absolute atomic E-state index is 12.3. The van der Waals surface area contributed by atoms with Crippen LogP contribution in [0.2, 0.25) is 0 Å². The number of methoxy groups -OCH3 is 1. The van der Waals surface area contributed by atoms with Gasteiger partial charge >= 0.3 is 5.97 Å². The molecular weight excluding hydrogens is 312 g/mol. The van der Waals surface area contributed by atoms with Gasteiger partial charge in [-0.05, 0) is 12.5 Å². The fraction of sp³-hybridized carbons (Fsp3) is 0.250. The monoisotopic (exact) mass is 326 g/mol. The molecule has 1 saturated heterocycles. The summed E-state index contributed by atoms with van der Waals surface area (Å²) in [6.07, 6.45) is 0. The number of rotatable bonds is 2. The second-order valence-corrected chi connectivity index (χ2v) is 6.15. The Kier molecular flexibility index (Phi) is 3.92. The van der Waals surface area contributed by atoms with Crippen LogP contribution in [0.15, 0.2) is 46.6 Å². The average molecular weight is 326 g/mol. The van der Waals surface area contributed by atoms with E-state index in [2.05, 4.69) is 11.1 Å². The second kappa shape index (κ2) is 5.89. The average Bonchev–Trinajstić information content (AvgIpc) is 2.89. The molecule has 1 N–H and O–H groups in total. The molecule has 0 bridgehead atoms. The highest BCUT2D eigenvalue weighted by Crippen LogP contribution is 2.43. The van der Waals surface area contributed by atoms with E-state index in [1.807, 2.05) is 30.3 Å². The van der Waals surface area contributed by atoms with Crippen LogP contribution in [0.25, 0.3) is 0 Å². The highest BCUT2D eigenvalue weighted by molar-refractivity contribution is 8.15. The fourth-order valence-electron chi connectivity index (χ4n) is 2.72. The number of nitrogens with one attached hydrogen (secondary N) is 1. The molecule has 0 spiro atoms. The van der Waals surface area contributed by atoms with E-state index in [4.69, 9.17) is 10.1 Å². The summed E-state index contributed by atoms with van der Waals surface area (Å²) in [6.45, 7) is 1.75. The van der Waals surface area contributed by atoms with Gasteiger partial charge in [-0.1, -0.05) is 42.1 Å². The fourth-order valence-corrected chi connectivity index (χ4v) is 3.71. The van der Waals surface area contributed by atoms with Gasteiger partial charge in [0.1, 0.15) is 5.84 Å². The van der Waals surface area contributed by atoms with Gasteiger partial charge < -0.3 is 4.74 Å². The number of ether oxygens (including phenoxy) is 1. The number of nitrogens with zero attached hydrogens (tertiary/aromatic N) is 3. The summed E-state index contributed by atoms with van der Waals surface area (Å²) in [7, 11) is 1.33. The van der Waals surface area contributed by atoms with Crippen LogP contribution in [0.4, 0.5) is 0 Å². The van der Waals surface area contributed by atoms with Gasteiger partial charge in [-0.15, -0.1) is 0 Å². The van der Waals surface area contributed by atoms with E-state index in [1.165, 1.54) is 18.9 Å². The standard InChI is InChI=1S/C16H14N4O2S/c1-9-12(15(21)22-2)13(10-6-4-3-5-7-10)20-14(18)11(8-17)23-16(20)19-9/h3-7,11,13,18H,1-2H3. The Morgan fingerprint density at radius 3 is 2.74 bits per heavy atom. The summed E-state index contributed by atoms with van der Waals surface area (Å²) >= 11 is 1.23. The zero-order chi connectivity index (χ0) is 16.6. The van der Waals surface area contributed by atoms with E-state index >= 15 is 0 Å². The smallest absolute Gasteiger partial charge is 0.338 e. The van der Waals surface area contributed by atoms with Gasteiger partial charge in [0.05, 0.1) is 30.5 Å². The van der Waals surface area contributed by atoms with Gasteiger partial charge in [0.25, 0.3) is 0 Å². The zero-order valence-corrected chi connectivity index (χ0v) is 13.4. The van der Waals surface area contributed by atoms with E-state index in [0.717, 1.165) is 5.56 Å². The second-order valence-electron chi connectivity index (χ2n) is 5.08. The van der Waals surface area contributed by atoms with Crippen LogP contribution < -0.4 is 0 Å². The van der Waals surface area contributed by atoms with Crippen molar-refractivity contribution in [3.05, 3.63) is 47.2 Å². The topological polar surface area (TPSA) is 89.5 Å². The van der Waals surface area contributed by atoms with Crippen LogP contribution >= 0.6 is 11.8 Å². The molecule has 3 rings (SSSR count). The van der Waals surface area contributed by atoms with Gasteiger partial charge in [-0.25, -0.2) is 9.79 Å². The molecule has 1 fully saturated rings. The van der Waals surface area contributed by atoms with Crippen LogP contribution in [0.5, 0.6) is 0 Å². The van der Waals surface area contributed by atoms with Crippen LogP contribution in [0.3, 0.4) is 0 Å². The van der Waals surface area contributed by atoms with E-state index in [1.54, 1.807) is 11.8 Å². The lowest BCUT2D eigenvalue weighted by molar-refractivity contribution is -0.136. The van der Waals surface area contributed by atoms with Gasteiger partial charge in [0.15, 0.2) is 10.4 Å². The van der Waals surface area contributed by atoms with Gasteiger partial charge in [0.2, 0.25) is 0 Å². The number of hydrogen-bond acceptors (Lipinski definition) is 6. The Bertz CT molecular complexity index is 779. The Hall–Kier alpha value is -2.59. The molecule has 23 heavy (non-hydrogen) atoms. The molecule has 0 radical (unpaired) electrons. The number of carbonyl (C=O) groups is 1. The summed E-state index contributed by atoms with van der Waals surface area (Å²) in [5.74, 6) is -0.337. The van der Waals surface area contributed by atoms with Crippen molar-refractivity contribution in [1.82, 2.24) is 4.90 Å². The maximum Gasteiger partial charge on any atom is 0.338 e. The predicted octanol–water partition coefficient (Wildman–Crippen LogP) is 2.46. The Morgan fingerprint density at radius 2 is 2.13 bits per heavy atom. The first-order chi connectivity index (χ1) is 11.1. The Balaban J connectivity index is 2.18. The van der Waals surface area contributed by atoms with Gasteiger partial charge in [-0.3, -0.25) is 10.3 Å². The third-order valence-corrected chi connectivity index (χ3v) is 4.82. The molecule has 116 valence electrons. The number of carbonyl (C=O) groups excluding carboxylic acids is 1. The highest BCUT2D eigenvalue weighted by atomic mass is 32.2. The molecule has 2 atom stereocenters. The third-order valence-electron chi connectivity index (χ3n) is 3.76. The summed E-state index contributed by atoms with van der Waals surface area (Å²) in [5, 5.41) is 17.5. The first-order valence-electron chi connectivity index (χ1n) is 6.95. The quantitative estimate of drug-likeness (QED) is 0.843. The molecule has 6 nitrogen and oxygen atoms in total. The summed E-state index contributed by atoms with van der Waals surface area (Å²) in [5.41, 5.74) is 1.80. The van der Waals surface area contributed by atoms with Crippen molar-refractivity contribution in [2.75, 3.05) is 7.11 Å². The lowest BCUT2D eigenvalue weighted by atomic mass is 9.94. The summed E-state index contributed by atoms with van der Waals surface area (Å²) in [4.78, 5) is 18.3. The highest BCUT2D eigenvalue weighted by Gasteiger charge is 2.45. The molecule has 2 aliphatic heterocycles. The van der Waals surface area contributed by atoms with E-state index in [-0.39, 0.29) is 5.84 Å². The zero-order valence-electron chi connectivity index (χ0n) is 12.6. The first kappa shape index (κ1) is 15.3. The normalized spacial score (nSPS) is 23.3. The SMILES string of the molecule is COC(=O)C1=C(C)N=C2SC(C#N)C(=N)N2C1c1ccccc1. The van der Waals surface area contributed by atoms with E-state index in [0.29, 0.717) is 16.4 Å². The van der Waals surface area contributed by atoms with Crippen molar-refractivity contribution in [1.29, 1.82) is 10.7 Å². The number of hydrogen-bond donors (Lipinski definition) is 1. The van der Waals surface area contributed by atoms with Crippen molar-refractivity contribution in [2.24, 2.45) is 4.99 Å². The van der Waals surface area contributed by atoms with Crippen molar-refractivity contribution >= 4 is 28.7 Å². The number of benzene rings is 1. The lowest BCUT2D eigenvalue weighted by Gasteiger charge is -2.33. The molecule has 0 aliphatic carbocycles. The van der Waals surface area contributed by atoms with E-state index in [9.17, 15) is 10.1 Å². The summed E-state index contributed by atoms with van der Waals surface area (Å²) in [6, 6.07) is 11.0. The van der Waals surface area contributed by atoms with Gasteiger partial charge in [-0.2, -0.15) is 5.26 Å². The summed E-state index contributed by atoms with van der Waals surface area (Å²) < 4.78 is 4.91. The van der Waals surface area contributed by atoms with E-state index < -0.39 is 17.3 Å². The number of aliphatic imine (C=N–C) groups is 1. The number of thioether (sulfide) groups is 1. The van der Waals surface area contributed by atoms with Crippen LogP contribution in [-0.4, -0.2) is 34.2 Å². The maximum atomic E-state index is 12.3. The third kappa shape index (κ3) is 2.41. The number of nitriles is 1. The molecule has 7 heteroatoms. The molecule has 0 aromatic heterocycles. The Morgan fingerprint density at radius 1 is 1.43 bits per heavy atom. The first-order valence-corrected chi connectivity index (χ1v) is 7.83. The molecule has 0 amide bonds. The van der Waals surface area contributed by atoms with Crippen molar-refractivity contribution in [3.8, 4) is 6.07 Å². The lowest BCUT2D eigenvalue weighted by Crippen LogP contribution is -2.40. The van der Waals surface area contributed by atoms with Crippen molar-refractivity contribution < 1.29 is 9.53 Å². The van der Waals surface area contributed by atoms with Gasteiger partial charge in [0, 0.05) is 0 Å². The van der Waals surface area contributed by atoms with Crippen molar-refractivity contribution in [2.45, 2.75) is 18.2 Å². The van der Waals surface area contributed by atoms with Crippen molar-refractivity contribution in [3.63, 3.8) is 0 Å². The molecule has 1 aromatic rings. The van der Waals surface area contributed by atoms with Crippen LogP contribution in [-0.2, 0) is 9.53 Å². The molecule has 2 aliphatic rings. The molecule has 2 unspecified atom stereocenters. The number of fused-ring (bicyclic) bond motifs is 1. The largest absolute Gasteiger partial charge is 0.466 e. The number of allylic oxidation sites excluding steroid dienone is 1. The molecular formula is C16H14N4O2S. The van der Waals surface area contributed by atoms with Crippen LogP contribution in [0, 0.1) is 16.7 Å². The minimum Gasteiger partial charge on any atom is -0.466 e. The predicted molar refractivity (Wildman–Crippen MR) is 87.9 cm³/mol. The molecule has 1 aromatic carbocycles. The minimum absolute atomic E-state index is 0.138. The molecule has 0 saturated carbocycles. The Labute approximate surface area is 138 Å². The number of esters is 1. The van der Waals surface area contributed by atoms with Crippen LogP contribution in [0.1, 0.15) is 18.5 Å². The number of amidine groups is 2. The molecule has 2 heterocycles.